The Hall–Kier alpha value is -0.610. The first-order valence-electron chi connectivity index (χ1n) is 5.62. The van der Waals surface area contributed by atoms with Crippen LogP contribution in [-0.4, -0.2) is 0 Å². The van der Waals surface area contributed by atoms with Crippen molar-refractivity contribution in [2.45, 2.75) is 12.5 Å². The molecular weight excluding hydrogens is 352 g/mol. The Bertz CT molecular complexity index is 584. The van der Waals surface area contributed by atoms with Gasteiger partial charge in [0, 0.05) is 10.5 Å². The van der Waals surface area contributed by atoms with Crippen LogP contribution < -0.4 is 5.73 Å². The fraction of sp³-hybridized carbons (Fsp3) is 0.143. The van der Waals surface area contributed by atoms with E-state index in [0.717, 1.165) is 5.56 Å². The molecule has 0 bridgehead atoms. The molecule has 0 saturated heterocycles. The first-order chi connectivity index (χ1) is 8.97. The number of rotatable bonds is 3. The molecule has 2 aromatic carbocycles. The van der Waals surface area contributed by atoms with Crippen LogP contribution in [0, 0.1) is 5.82 Å². The number of halogens is 4. The van der Waals surface area contributed by atoms with Crippen LogP contribution in [-0.2, 0) is 6.42 Å². The lowest BCUT2D eigenvalue weighted by Gasteiger charge is -2.14. The van der Waals surface area contributed by atoms with E-state index in [9.17, 15) is 4.39 Å². The van der Waals surface area contributed by atoms with Crippen molar-refractivity contribution < 1.29 is 4.39 Å². The largest absolute Gasteiger partial charge is 0.324 e. The molecule has 5 heteroatoms. The zero-order valence-corrected chi connectivity index (χ0v) is 12.9. The molecule has 0 spiro atoms. The molecule has 1 nitrogen and oxygen atoms in total. The average molecular weight is 363 g/mol. The monoisotopic (exact) mass is 361 g/mol. The van der Waals surface area contributed by atoms with Gasteiger partial charge in [0.05, 0.1) is 10.0 Å². The van der Waals surface area contributed by atoms with Crippen LogP contribution in [0.2, 0.25) is 10.0 Å². The van der Waals surface area contributed by atoms with Gasteiger partial charge in [-0.2, -0.15) is 0 Å². The maximum Gasteiger partial charge on any atom is 0.124 e. The van der Waals surface area contributed by atoms with Crippen molar-refractivity contribution in [2.75, 3.05) is 0 Å². The summed E-state index contributed by atoms with van der Waals surface area (Å²) in [5.74, 6) is -0.322. The molecule has 0 aliphatic rings. The highest BCUT2D eigenvalue weighted by Crippen LogP contribution is 2.29. The van der Waals surface area contributed by atoms with Crippen molar-refractivity contribution in [3.8, 4) is 0 Å². The van der Waals surface area contributed by atoms with Crippen LogP contribution >= 0.6 is 39.1 Å². The van der Waals surface area contributed by atoms with Gasteiger partial charge in [-0.05, 0) is 41.8 Å². The van der Waals surface area contributed by atoms with E-state index in [2.05, 4.69) is 15.9 Å². The van der Waals surface area contributed by atoms with Crippen molar-refractivity contribution in [1.29, 1.82) is 0 Å². The van der Waals surface area contributed by atoms with Crippen molar-refractivity contribution in [3.63, 3.8) is 0 Å². The second kappa shape index (κ2) is 6.23. The molecule has 2 N–H and O–H groups in total. The maximum absolute atomic E-state index is 13.3. The van der Waals surface area contributed by atoms with Gasteiger partial charge in [0.2, 0.25) is 0 Å². The van der Waals surface area contributed by atoms with E-state index in [1.165, 1.54) is 12.1 Å². The summed E-state index contributed by atoms with van der Waals surface area (Å²) in [6.07, 6.45) is 0.495. The third-order valence-corrected chi connectivity index (χ3v) is 4.10. The highest BCUT2D eigenvalue weighted by atomic mass is 79.9. The normalized spacial score (nSPS) is 12.5. The van der Waals surface area contributed by atoms with Crippen LogP contribution in [0.1, 0.15) is 17.2 Å². The Kier molecular flexibility index (Phi) is 4.85. The lowest BCUT2D eigenvalue weighted by atomic mass is 9.99. The SMILES string of the molecule is NC(Cc1cccc(Cl)c1Cl)c1cc(F)cc(Br)c1. The first-order valence-corrected chi connectivity index (χ1v) is 7.16. The van der Waals surface area contributed by atoms with Gasteiger partial charge in [0.1, 0.15) is 5.82 Å². The van der Waals surface area contributed by atoms with Crippen LogP contribution in [0.25, 0.3) is 0 Å². The highest BCUT2D eigenvalue weighted by Gasteiger charge is 2.12. The molecule has 0 radical (unpaired) electrons. The lowest BCUT2D eigenvalue weighted by Crippen LogP contribution is -2.14. The van der Waals surface area contributed by atoms with Gasteiger partial charge in [-0.3, -0.25) is 0 Å². The van der Waals surface area contributed by atoms with Gasteiger partial charge in [-0.25, -0.2) is 4.39 Å². The van der Waals surface area contributed by atoms with Gasteiger partial charge in [-0.1, -0.05) is 51.3 Å². The van der Waals surface area contributed by atoms with Gasteiger partial charge in [0.15, 0.2) is 0 Å². The summed E-state index contributed by atoms with van der Waals surface area (Å²) < 4.78 is 14.0. The van der Waals surface area contributed by atoms with Crippen LogP contribution in [0.5, 0.6) is 0 Å². The fourth-order valence-electron chi connectivity index (χ4n) is 1.85. The number of hydrogen-bond donors (Lipinski definition) is 1. The smallest absolute Gasteiger partial charge is 0.124 e. The van der Waals surface area contributed by atoms with Crippen molar-refractivity contribution in [1.82, 2.24) is 0 Å². The molecule has 0 fully saturated rings. The summed E-state index contributed by atoms with van der Waals surface area (Å²) >= 11 is 15.3. The molecular formula is C14H11BrCl2FN. The molecule has 100 valence electrons. The zero-order valence-electron chi connectivity index (χ0n) is 9.84. The molecule has 1 unspecified atom stereocenters. The molecule has 0 heterocycles. The molecule has 0 aliphatic carbocycles. The van der Waals surface area contributed by atoms with Crippen molar-refractivity contribution in [3.05, 3.63) is 67.9 Å². The van der Waals surface area contributed by atoms with Crippen molar-refractivity contribution in [2.24, 2.45) is 5.73 Å². The molecule has 0 saturated carbocycles. The third-order valence-electron chi connectivity index (χ3n) is 2.78. The van der Waals surface area contributed by atoms with E-state index in [-0.39, 0.29) is 11.9 Å². The van der Waals surface area contributed by atoms with E-state index in [4.69, 9.17) is 28.9 Å². The van der Waals surface area contributed by atoms with Crippen LogP contribution in [0.3, 0.4) is 0 Å². The second-order valence-electron chi connectivity index (χ2n) is 4.23. The van der Waals surface area contributed by atoms with E-state index >= 15 is 0 Å². The predicted octanol–water partition coefficient (Wildman–Crippen LogP) is 5.14. The summed E-state index contributed by atoms with van der Waals surface area (Å²) in [7, 11) is 0. The Morgan fingerprint density at radius 1 is 1.21 bits per heavy atom. The molecule has 0 amide bonds. The summed E-state index contributed by atoms with van der Waals surface area (Å²) in [5.41, 5.74) is 7.65. The minimum absolute atomic E-state index is 0.322. The molecule has 2 aromatic rings. The minimum atomic E-state index is -0.344. The Morgan fingerprint density at radius 2 is 1.95 bits per heavy atom. The van der Waals surface area contributed by atoms with Gasteiger partial charge in [-0.15, -0.1) is 0 Å². The van der Waals surface area contributed by atoms with E-state index in [1.807, 2.05) is 12.1 Å². The summed E-state index contributed by atoms with van der Waals surface area (Å²) in [6.45, 7) is 0. The van der Waals surface area contributed by atoms with Crippen molar-refractivity contribution >= 4 is 39.1 Å². The van der Waals surface area contributed by atoms with E-state index < -0.39 is 0 Å². The number of benzene rings is 2. The van der Waals surface area contributed by atoms with E-state index in [0.29, 0.717) is 26.5 Å². The van der Waals surface area contributed by atoms with Gasteiger partial charge < -0.3 is 5.73 Å². The lowest BCUT2D eigenvalue weighted by molar-refractivity contribution is 0.617. The summed E-state index contributed by atoms with van der Waals surface area (Å²) in [4.78, 5) is 0. The van der Waals surface area contributed by atoms with Gasteiger partial charge in [0.25, 0.3) is 0 Å². The van der Waals surface area contributed by atoms with Crippen LogP contribution in [0.15, 0.2) is 40.9 Å². The fourth-order valence-corrected chi connectivity index (χ4v) is 2.73. The average Bonchev–Trinajstić information content (AvgIpc) is 2.33. The maximum atomic E-state index is 13.3. The van der Waals surface area contributed by atoms with E-state index in [1.54, 1.807) is 12.1 Å². The minimum Gasteiger partial charge on any atom is -0.324 e. The van der Waals surface area contributed by atoms with Gasteiger partial charge >= 0.3 is 0 Å². The Labute approximate surface area is 129 Å². The molecule has 0 aliphatic heterocycles. The topological polar surface area (TPSA) is 26.0 Å². The Morgan fingerprint density at radius 3 is 2.63 bits per heavy atom. The van der Waals surface area contributed by atoms with Crippen LogP contribution in [0.4, 0.5) is 4.39 Å². The zero-order chi connectivity index (χ0) is 14.0. The third kappa shape index (κ3) is 3.69. The summed E-state index contributed by atoms with van der Waals surface area (Å²) in [5, 5.41) is 0.988. The standard InChI is InChI=1S/C14H11BrCl2FN/c15-10-4-9(5-11(18)7-10)13(19)6-8-2-1-3-12(16)14(8)17/h1-5,7,13H,6,19H2. The number of hydrogen-bond acceptors (Lipinski definition) is 1. The highest BCUT2D eigenvalue weighted by molar-refractivity contribution is 9.10. The molecule has 2 rings (SSSR count). The first kappa shape index (κ1) is 14.8. The quantitative estimate of drug-likeness (QED) is 0.803. The predicted molar refractivity (Wildman–Crippen MR) is 81.2 cm³/mol. The Balaban J connectivity index is 2.25. The number of nitrogens with two attached hydrogens (primary N) is 1. The molecule has 0 aromatic heterocycles. The summed E-state index contributed by atoms with van der Waals surface area (Å²) in [6, 6.07) is 9.67. The molecule has 19 heavy (non-hydrogen) atoms. The second-order valence-corrected chi connectivity index (χ2v) is 5.93. The molecule has 1 atom stereocenters.